The van der Waals surface area contributed by atoms with E-state index < -0.39 is 11.4 Å². The average molecular weight is 1060 g/mol. The second-order valence-corrected chi connectivity index (χ2v) is 27.5. The summed E-state index contributed by atoms with van der Waals surface area (Å²) >= 11 is 0. The summed E-state index contributed by atoms with van der Waals surface area (Å²) in [5.41, 5.74) is -2.42. The number of fused-ring (bicyclic) bond motifs is 5. The summed E-state index contributed by atoms with van der Waals surface area (Å²) in [6.07, 6.45) is 20.7. The lowest BCUT2D eigenvalue weighted by Gasteiger charge is -2.73. The van der Waals surface area contributed by atoms with E-state index in [0.29, 0.717) is 36.3 Å². The van der Waals surface area contributed by atoms with Crippen LogP contribution in [0.4, 0.5) is 0 Å². The second-order valence-electron chi connectivity index (χ2n) is 27.5. The molecular formula is C59H102N10O7. The predicted octanol–water partition coefficient (Wildman–Crippen LogP) is 3.26. The van der Waals surface area contributed by atoms with Crippen LogP contribution >= 0.6 is 0 Å². The molecule has 0 aromatic rings. The van der Waals surface area contributed by atoms with Crippen molar-refractivity contribution in [3.63, 3.8) is 0 Å². The zero-order chi connectivity index (χ0) is 51.3. The Balaban J connectivity index is 0.878. The maximum absolute atomic E-state index is 14.9. The molecule has 0 bridgehead atoms. The van der Waals surface area contributed by atoms with Crippen molar-refractivity contribution in [1.29, 1.82) is 0 Å². The van der Waals surface area contributed by atoms with Crippen molar-refractivity contribution in [3.8, 4) is 0 Å². The van der Waals surface area contributed by atoms with Gasteiger partial charge in [0, 0.05) is 116 Å². The zero-order valence-electron chi connectivity index (χ0n) is 47.4. The van der Waals surface area contributed by atoms with E-state index in [2.05, 4.69) is 62.8 Å². The Hall–Kier alpha value is -0.680. The van der Waals surface area contributed by atoms with Crippen molar-refractivity contribution in [2.24, 2.45) is 28.6 Å². The summed E-state index contributed by atoms with van der Waals surface area (Å²) < 4.78 is 30.1. The topological polar surface area (TPSA) is 119 Å². The summed E-state index contributed by atoms with van der Waals surface area (Å²) in [6, 6.07) is 0.0995. The van der Waals surface area contributed by atoms with Gasteiger partial charge in [-0.15, -0.1) is 0 Å². The van der Waals surface area contributed by atoms with E-state index in [1.807, 2.05) is 0 Å². The molecule has 0 aromatic heterocycles. The first kappa shape index (κ1) is 53.3. The molecule has 0 radical (unpaired) electrons. The van der Waals surface area contributed by atoms with Crippen molar-refractivity contribution in [3.05, 3.63) is 0 Å². The minimum atomic E-state index is -0.991. The summed E-state index contributed by atoms with van der Waals surface area (Å²) in [7, 11) is 0. The third-order valence-corrected chi connectivity index (χ3v) is 24.9. The van der Waals surface area contributed by atoms with Gasteiger partial charge in [-0.05, 0) is 126 Å². The average Bonchev–Trinajstić information content (AvgIpc) is 4.39. The molecule has 0 amide bonds. The number of nitrogens with zero attached hydrogens (tertiary/aromatic N) is 10. The first-order chi connectivity index (χ1) is 37.2. The Labute approximate surface area is 457 Å². The number of hydrogen-bond donors (Lipinski definition) is 2. The number of morpholine rings is 5. The Kier molecular flexibility index (Phi) is 15.1. The molecule has 4 saturated carbocycles. The van der Waals surface area contributed by atoms with Crippen molar-refractivity contribution < 1.29 is 33.9 Å². The molecule has 17 nitrogen and oxygen atoms in total. The van der Waals surface area contributed by atoms with Crippen LogP contribution in [0.15, 0.2) is 0 Å². The normalized spacial score (nSPS) is 48.9. The van der Waals surface area contributed by atoms with Crippen LogP contribution in [0.2, 0.25) is 0 Å². The second kappa shape index (κ2) is 21.5. The summed E-state index contributed by atoms with van der Waals surface area (Å²) in [6.45, 7) is 28.4. The largest absolute Gasteiger partial charge is 0.379 e. The lowest BCUT2D eigenvalue weighted by Crippen LogP contribution is -2.80. The van der Waals surface area contributed by atoms with Crippen LogP contribution in [0.3, 0.4) is 0 Å². The smallest absolute Gasteiger partial charge is 0.141 e. The highest BCUT2D eigenvalue weighted by atomic mass is 16.5. The molecule has 14 aliphatic rings. The molecule has 10 heterocycles. The van der Waals surface area contributed by atoms with Gasteiger partial charge in [-0.25, -0.2) is 0 Å². The highest BCUT2D eigenvalue weighted by Gasteiger charge is 2.77. The molecule has 17 heteroatoms. The van der Waals surface area contributed by atoms with Gasteiger partial charge in [0.05, 0.1) is 109 Å². The SMILES string of the molecule is C[C@]12CC[C@@H]3[C@@H](CCC4(N5CCCC5N5CCOCC5)CC(O)(N5CCCC5N5CCOCC5)C(N5CCCC5N5CCOCC5)C[C@]34C)[C@@H]1CC(N1CCCC1N1CCOCC1)C2(O)N1CCCC1N1CCOCC1. The first-order valence-corrected chi connectivity index (χ1v) is 32.0. The standard InChI is InChI=1S/C59H102N10O7/c1-55-15-14-46-45(47(55)42-48(65-17-3-8-50(65)60-22-32-72-33-23-60)59(55,71)69-21-7-12-54(69)64-30-40-76-41-31-64)13-16-57(67-19-5-10-52(67)62-26-36-74-37-27-62)44-58(70,68-20-6-11-53(68)63-28-38-75-39-29-63)49(43-56(46,57)2)66-18-4-9-51(66)61-24-34-73-35-25-61/h45-54,70-71H,3-44H2,1-2H3/t45-,46-,47+,48?,49?,50?,51?,52?,53?,54?,55+,56-,57?,58?,59?/m1/s1. The summed E-state index contributed by atoms with van der Waals surface area (Å²) in [4.78, 5) is 28.1. The third-order valence-electron chi connectivity index (χ3n) is 24.9. The molecule has 10 aliphatic heterocycles. The highest BCUT2D eigenvalue weighted by molar-refractivity contribution is 5.27. The maximum atomic E-state index is 14.9. The van der Waals surface area contributed by atoms with Gasteiger partial charge in [0.2, 0.25) is 0 Å². The Morgan fingerprint density at radius 2 is 0.789 bits per heavy atom. The van der Waals surface area contributed by atoms with Crippen molar-refractivity contribution >= 4 is 0 Å². The van der Waals surface area contributed by atoms with E-state index in [1.54, 1.807) is 0 Å². The van der Waals surface area contributed by atoms with Crippen molar-refractivity contribution in [2.75, 3.05) is 164 Å². The molecular weight excluding hydrogens is 961 g/mol. The maximum Gasteiger partial charge on any atom is 0.141 e. The van der Waals surface area contributed by atoms with Crippen LogP contribution in [0.5, 0.6) is 0 Å². The van der Waals surface area contributed by atoms with E-state index >= 15 is 0 Å². The molecule has 430 valence electrons. The fourth-order valence-corrected chi connectivity index (χ4v) is 21.6. The van der Waals surface area contributed by atoms with E-state index in [0.717, 1.165) is 228 Å². The summed E-state index contributed by atoms with van der Waals surface area (Å²) in [5.74, 6) is 1.43. The molecule has 14 fully saturated rings. The molecule has 0 spiro atoms. The highest BCUT2D eigenvalue weighted by Crippen LogP contribution is 2.73. The van der Waals surface area contributed by atoms with Crippen LogP contribution in [0, 0.1) is 28.6 Å². The van der Waals surface area contributed by atoms with Crippen LogP contribution in [-0.2, 0) is 23.7 Å². The molecule has 76 heavy (non-hydrogen) atoms. The fourth-order valence-electron chi connectivity index (χ4n) is 21.6. The Morgan fingerprint density at radius 3 is 1.30 bits per heavy atom. The van der Waals surface area contributed by atoms with Gasteiger partial charge in [0.25, 0.3) is 0 Å². The molecule has 15 atom stereocenters. The van der Waals surface area contributed by atoms with Gasteiger partial charge < -0.3 is 33.9 Å². The lowest BCUT2D eigenvalue weighted by molar-refractivity contribution is -0.297. The van der Waals surface area contributed by atoms with Gasteiger partial charge in [-0.3, -0.25) is 49.0 Å². The van der Waals surface area contributed by atoms with Crippen LogP contribution in [0.1, 0.15) is 123 Å². The number of aliphatic hydroxyl groups is 2. The van der Waals surface area contributed by atoms with Gasteiger partial charge in [0.1, 0.15) is 11.4 Å². The molecule has 0 aromatic carbocycles. The Morgan fingerprint density at radius 1 is 0.382 bits per heavy atom. The van der Waals surface area contributed by atoms with Crippen molar-refractivity contribution in [1.82, 2.24) is 49.0 Å². The molecule has 10 unspecified atom stereocenters. The van der Waals surface area contributed by atoms with Gasteiger partial charge in [-0.2, -0.15) is 0 Å². The fraction of sp³-hybridized carbons (Fsp3) is 1.00. The minimum absolute atomic E-state index is 0.0186. The van der Waals surface area contributed by atoms with Crippen LogP contribution in [0.25, 0.3) is 0 Å². The number of ether oxygens (including phenoxy) is 5. The Bertz CT molecular complexity index is 1990. The number of likely N-dealkylation sites (tertiary alicyclic amines) is 5. The van der Waals surface area contributed by atoms with E-state index in [1.165, 1.54) is 44.9 Å². The number of hydrogen-bond acceptors (Lipinski definition) is 17. The summed E-state index contributed by atoms with van der Waals surface area (Å²) in [5, 5.41) is 29.8. The van der Waals surface area contributed by atoms with Gasteiger partial charge in [0.15, 0.2) is 0 Å². The molecule has 14 rings (SSSR count). The molecule has 4 aliphatic carbocycles. The van der Waals surface area contributed by atoms with E-state index in [-0.39, 0.29) is 40.8 Å². The minimum Gasteiger partial charge on any atom is -0.379 e. The van der Waals surface area contributed by atoms with Gasteiger partial charge >= 0.3 is 0 Å². The van der Waals surface area contributed by atoms with Crippen LogP contribution < -0.4 is 0 Å². The quantitative estimate of drug-likeness (QED) is 0.333. The van der Waals surface area contributed by atoms with E-state index in [9.17, 15) is 10.2 Å². The van der Waals surface area contributed by atoms with E-state index in [4.69, 9.17) is 23.7 Å². The monoisotopic (exact) mass is 1060 g/mol. The third kappa shape index (κ3) is 8.51. The first-order valence-electron chi connectivity index (χ1n) is 32.0. The van der Waals surface area contributed by atoms with Crippen LogP contribution in [-0.4, -0.2) is 283 Å². The zero-order valence-corrected chi connectivity index (χ0v) is 47.4. The van der Waals surface area contributed by atoms with Gasteiger partial charge in [-0.1, -0.05) is 13.8 Å². The lowest BCUT2D eigenvalue weighted by atomic mass is 9.40. The predicted molar refractivity (Wildman–Crippen MR) is 290 cm³/mol. The van der Waals surface area contributed by atoms with Crippen molar-refractivity contribution in [2.45, 2.75) is 183 Å². The molecule has 10 saturated heterocycles. The number of rotatable bonds is 10. The molecule has 2 N–H and O–H groups in total.